The second-order valence-electron chi connectivity index (χ2n) is 7.23. The van der Waals surface area contributed by atoms with Crippen molar-refractivity contribution in [2.45, 2.75) is 31.8 Å². The van der Waals surface area contributed by atoms with Gasteiger partial charge in [-0.05, 0) is 12.5 Å². The Hall–Kier alpha value is -2.74. The molecule has 2 fully saturated rings. The number of para-hydroxylation sites is 1. The topological polar surface area (TPSA) is 91.2 Å². The first-order valence-corrected chi connectivity index (χ1v) is 8.90. The molecule has 2 aliphatic rings. The summed E-state index contributed by atoms with van der Waals surface area (Å²) in [7, 11) is 0. The van der Waals surface area contributed by atoms with Gasteiger partial charge >= 0.3 is 0 Å². The van der Waals surface area contributed by atoms with Crippen molar-refractivity contribution in [3.8, 4) is 0 Å². The zero-order valence-electron chi connectivity index (χ0n) is 14.6. The van der Waals surface area contributed by atoms with Crippen LogP contribution in [-0.4, -0.2) is 61.7 Å². The van der Waals surface area contributed by atoms with Gasteiger partial charge in [-0.2, -0.15) is 10.1 Å². The number of nitrogens with zero attached hydrogens (tertiary/aromatic N) is 5. The van der Waals surface area contributed by atoms with Crippen LogP contribution in [0.15, 0.2) is 28.9 Å². The number of aryl methyl sites for hydroxylation is 1. The molecule has 26 heavy (non-hydrogen) atoms. The number of nitrogens with one attached hydrogen (secondary N) is 1. The molecule has 0 spiro atoms. The summed E-state index contributed by atoms with van der Waals surface area (Å²) < 4.78 is 5.25. The van der Waals surface area contributed by atoms with Crippen molar-refractivity contribution in [1.82, 2.24) is 30.1 Å². The van der Waals surface area contributed by atoms with Crippen LogP contribution in [0.1, 0.15) is 29.6 Å². The molecule has 5 rings (SSSR count). The Balaban J connectivity index is 1.22. The number of amides is 1. The van der Waals surface area contributed by atoms with Gasteiger partial charge in [0.05, 0.1) is 23.7 Å². The highest BCUT2D eigenvalue weighted by molar-refractivity contribution is 5.81. The average molecular weight is 352 g/mol. The summed E-state index contributed by atoms with van der Waals surface area (Å²) in [5, 5.41) is 12.2. The maximum Gasteiger partial charge on any atom is 0.232 e. The Bertz CT molecular complexity index is 957. The van der Waals surface area contributed by atoms with E-state index in [1.54, 1.807) is 6.92 Å². The third kappa shape index (κ3) is 2.57. The van der Waals surface area contributed by atoms with Crippen LogP contribution < -0.4 is 0 Å². The normalized spacial score (nSPS) is 21.7. The molecule has 4 heterocycles. The molecule has 1 amide bonds. The lowest BCUT2D eigenvalue weighted by Gasteiger charge is -2.44. The van der Waals surface area contributed by atoms with E-state index in [0.717, 1.165) is 30.5 Å². The maximum atomic E-state index is 12.4. The zero-order chi connectivity index (χ0) is 17.7. The highest BCUT2D eigenvalue weighted by Gasteiger charge is 2.42. The van der Waals surface area contributed by atoms with Crippen LogP contribution >= 0.6 is 0 Å². The molecule has 8 nitrogen and oxygen atoms in total. The molecule has 0 saturated carbocycles. The minimum atomic E-state index is 0.0245. The summed E-state index contributed by atoms with van der Waals surface area (Å²) in [6.45, 7) is 5.13. The average Bonchev–Trinajstić information content (AvgIpc) is 3.30. The Kier molecular flexibility index (Phi) is 3.53. The number of aromatic nitrogens is 4. The second kappa shape index (κ2) is 5.91. The maximum absolute atomic E-state index is 12.4. The summed E-state index contributed by atoms with van der Waals surface area (Å²) in [4.78, 5) is 21.0. The van der Waals surface area contributed by atoms with Crippen molar-refractivity contribution in [2.75, 3.05) is 19.6 Å². The van der Waals surface area contributed by atoms with Crippen LogP contribution in [0.4, 0.5) is 0 Å². The van der Waals surface area contributed by atoms with Crippen molar-refractivity contribution >= 4 is 16.8 Å². The van der Waals surface area contributed by atoms with Crippen molar-refractivity contribution in [1.29, 1.82) is 0 Å². The van der Waals surface area contributed by atoms with E-state index in [4.69, 9.17) is 4.52 Å². The van der Waals surface area contributed by atoms with Crippen LogP contribution in [0.5, 0.6) is 0 Å². The van der Waals surface area contributed by atoms with Gasteiger partial charge in [0.15, 0.2) is 5.82 Å². The number of hydrogen-bond acceptors (Lipinski definition) is 6. The molecule has 134 valence electrons. The van der Waals surface area contributed by atoms with Gasteiger partial charge in [-0.15, -0.1) is 0 Å². The van der Waals surface area contributed by atoms with Gasteiger partial charge < -0.3 is 9.42 Å². The summed E-state index contributed by atoms with van der Waals surface area (Å²) in [5.74, 6) is 1.41. The quantitative estimate of drug-likeness (QED) is 0.764. The molecular formula is C18H20N6O2. The van der Waals surface area contributed by atoms with Gasteiger partial charge in [0, 0.05) is 38.0 Å². The van der Waals surface area contributed by atoms with Gasteiger partial charge in [0.2, 0.25) is 11.8 Å². The minimum Gasteiger partial charge on any atom is -0.339 e. The lowest BCUT2D eigenvalue weighted by atomic mass is 10.0. The fourth-order valence-corrected chi connectivity index (χ4v) is 4.00. The van der Waals surface area contributed by atoms with Gasteiger partial charge in [-0.25, -0.2) is 0 Å². The van der Waals surface area contributed by atoms with E-state index >= 15 is 0 Å². The summed E-state index contributed by atoms with van der Waals surface area (Å²) in [6.07, 6.45) is 2.31. The van der Waals surface area contributed by atoms with E-state index in [1.165, 1.54) is 5.56 Å². The standard InChI is InChI=1S/C18H20N6O2/c1-11-20-18(26-22-11)14-5-16(25)24(8-14)15-9-23(10-15)7-13-4-2-3-12-6-19-21-17(12)13/h2-4,6,14-15H,5,7-10H2,1H3,(H,19,21). The van der Waals surface area contributed by atoms with Crippen molar-refractivity contribution in [2.24, 2.45) is 0 Å². The number of aromatic amines is 1. The molecular weight excluding hydrogens is 332 g/mol. The fraction of sp³-hybridized carbons (Fsp3) is 0.444. The highest BCUT2D eigenvalue weighted by Crippen LogP contribution is 2.31. The summed E-state index contributed by atoms with van der Waals surface area (Å²) in [6, 6.07) is 6.52. The van der Waals surface area contributed by atoms with Crippen LogP contribution in [0.2, 0.25) is 0 Å². The summed E-state index contributed by atoms with van der Waals surface area (Å²) >= 11 is 0. The first kappa shape index (κ1) is 15.5. The molecule has 3 aromatic rings. The molecule has 2 aliphatic heterocycles. The molecule has 0 aliphatic carbocycles. The van der Waals surface area contributed by atoms with E-state index in [1.807, 2.05) is 11.1 Å². The minimum absolute atomic E-state index is 0.0245. The number of H-pyrrole nitrogens is 1. The lowest BCUT2D eigenvalue weighted by molar-refractivity contribution is -0.133. The monoisotopic (exact) mass is 352 g/mol. The number of carbonyl (C=O) groups is 1. The molecule has 0 radical (unpaired) electrons. The Labute approximate surface area is 150 Å². The zero-order valence-corrected chi connectivity index (χ0v) is 14.6. The van der Waals surface area contributed by atoms with Crippen molar-refractivity contribution < 1.29 is 9.32 Å². The first-order chi connectivity index (χ1) is 12.7. The number of benzene rings is 1. The largest absolute Gasteiger partial charge is 0.339 e. The molecule has 1 N–H and O–H groups in total. The third-order valence-electron chi connectivity index (χ3n) is 5.39. The Morgan fingerprint density at radius 3 is 3.00 bits per heavy atom. The van der Waals surface area contributed by atoms with E-state index in [-0.39, 0.29) is 17.9 Å². The fourth-order valence-electron chi connectivity index (χ4n) is 4.00. The van der Waals surface area contributed by atoms with E-state index in [9.17, 15) is 4.79 Å². The second-order valence-corrected chi connectivity index (χ2v) is 7.23. The predicted octanol–water partition coefficient (Wildman–Crippen LogP) is 1.45. The van der Waals surface area contributed by atoms with Gasteiger partial charge in [0.25, 0.3) is 0 Å². The molecule has 8 heteroatoms. The van der Waals surface area contributed by atoms with E-state index < -0.39 is 0 Å². The molecule has 2 aromatic heterocycles. The number of hydrogen-bond donors (Lipinski definition) is 1. The van der Waals surface area contributed by atoms with E-state index in [2.05, 4.69) is 43.4 Å². The third-order valence-corrected chi connectivity index (χ3v) is 5.39. The van der Waals surface area contributed by atoms with Gasteiger partial charge in [-0.3, -0.25) is 14.8 Å². The SMILES string of the molecule is Cc1noc(C2CC(=O)N(C3CN(Cc4cccc5cn[nH]c45)C3)C2)n1. The first-order valence-electron chi connectivity index (χ1n) is 8.90. The van der Waals surface area contributed by atoms with Gasteiger partial charge in [0.1, 0.15) is 0 Å². The van der Waals surface area contributed by atoms with Crippen molar-refractivity contribution in [3.63, 3.8) is 0 Å². The van der Waals surface area contributed by atoms with Crippen LogP contribution in [0, 0.1) is 6.92 Å². The Morgan fingerprint density at radius 2 is 2.19 bits per heavy atom. The lowest BCUT2D eigenvalue weighted by Crippen LogP contribution is -2.59. The number of fused-ring (bicyclic) bond motifs is 1. The Morgan fingerprint density at radius 1 is 1.31 bits per heavy atom. The van der Waals surface area contributed by atoms with E-state index in [0.29, 0.717) is 24.7 Å². The number of likely N-dealkylation sites (tertiary alicyclic amines) is 2. The molecule has 0 bridgehead atoms. The van der Waals surface area contributed by atoms with Crippen LogP contribution in [0.25, 0.3) is 10.9 Å². The van der Waals surface area contributed by atoms with Gasteiger partial charge in [-0.1, -0.05) is 23.4 Å². The summed E-state index contributed by atoms with van der Waals surface area (Å²) in [5.41, 5.74) is 2.34. The van der Waals surface area contributed by atoms with Crippen molar-refractivity contribution in [3.05, 3.63) is 41.7 Å². The van der Waals surface area contributed by atoms with Crippen LogP contribution in [-0.2, 0) is 11.3 Å². The molecule has 1 aromatic carbocycles. The number of carbonyl (C=O) groups excluding carboxylic acids is 1. The molecule has 1 unspecified atom stereocenters. The highest BCUT2D eigenvalue weighted by atomic mass is 16.5. The van der Waals surface area contributed by atoms with Crippen LogP contribution in [0.3, 0.4) is 0 Å². The number of rotatable bonds is 4. The molecule has 1 atom stereocenters. The smallest absolute Gasteiger partial charge is 0.232 e. The predicted molar refractivity (Wildman–Crippen MR) is 93.3 cm³/mol. The molecule has 2 saturated heterocycles.